The fourth-order valence-electron chi connectivity index (χ4n) is 3.27. The number of fused-ring (bicyclic) bond motifs is 2. The molecule has 2 aromatic rings. The number of amides is 1. The molecule has 0 fully saturated rings. The van der Waals surface area contributed by atoms with Crippen LogP contribution in [0.3, 0.4) is 0 Å². The summed E-state index contributed by atoms with van der Waals surface area (Å²) in [5, 5.41) is 8.79. The van der Waals surface area contributed by atoms with Crippen molar-refractivity contribution in [2.75, 3.05) is 19.1 Å². The van der Waals surface area contributed by atoms with Gasteiger partial charge in [-0.3, -0.25) is 14.6 Å². The van der Waals surface area contributed by atoms with Crippen LogP contribution < -0.4 is 9.64 Å². The zero-order chi connectivity index (χ0) is 19.4. The predicted octanol–water partition coefficient (Wildman–Crippen LogP) is 3.76. The standard InChI is InChI=1S/C21H22N2O4/c1-23-19-9-8-14(27-2)12-17(19)15(6-4-3-5-7-20(24)25)18-13-22-11-10-16(18)21(23)26/h6,8-13H,3-5,7H2,1-2H3,(H,24,25). The van der Waals surface area contributed by atoms with E-state index in [0.717, 1.165) is 28.8 Å². The van der Waals surface area contributed by atoms with Gasteiger partial charge in [0.1, 0.15) is 5.75 Å². The molecule has 6 heteroatoms. The molecule has 140 valence electrons. The van der Waals surface area contributed by atoms with Crippen LogP contribution in [0.25, 0.3) is 5.57 Å². The highest BCUT2D eigenvalue weighted by Gasteiger charge is 2.27. The number of nitrogens with zero attached hydrogens (tertiary/aromatic N) is 2. The molecule has 0 saturated heterocycles. The van der Waals surface area contributed by atoms with Crippen LogP contribution in [-0.4, -0.2) is 36.1 Å². The van der Waals surface area contributed by atoms with Gasteiger partial charge < -0.3 is 14.7 Å². The van der Waals surface area contributed by atoms with Crippen LogP contribution >= 0.6 is 0 Å². The highest BCUT2D eigenvalue weighted by molar-refractivity contribution is 6.13. The number of benzene rings is 1. The van der Waals surface area contributed by atoms with Crippen molar-refractivity contribution in [3.8, 4) is 5.75 Å². The molecule has 0 bridgehead atoms. The number of hydrogen-bond donors (Lipinski definition) is 1. The largest absolute Gasteiger partial charge is 0.497 e. The minimum Gasteiger partial charge on any atom is -0.497 e. The molecule has 1 aliphatic rings. The van der Waals surface area contributed by atoms with Gasteiger partial charge in [0.15, 0.2) is 0 Å². The summed E-state index contributed by atoms with van der Waals surface area (Å²) in [4.78, 5) is 29.5. The number of aliphatic carboxylic acids is 1. The first kappa shape index (κ1) is 18.6. The van der Waals surface area contributed by atoms with Gasteiger partial charge in [0, 0.05) is 37.0 Å². The highest BCUT2D eigenvalue weighted by Crippen LogP contribution is 2.39. The number of carboxylic acid groups (broad SMARTS) is 1. The minimum atomic E-state index is -0.783. The van der Waals surface area contributed by atoms with E-state index in [-0.39, 0.29) is 12.3 Å². The van der Waals surface area contributed by atoms with Gasteiger partial charge in [0.05, 0.1) is 18.4 Å². The Kier molecular flexibility index (Phi) is 5.54. The van der Waals surface area contributed by atoms with Crippen molar-refractivity contribution in [1.82, 2.24) is 4.98 Å². The van der Waals surface area contributed by atoms with Crippen LogP contribution in [0.2, 0.25) is 0 Å². The smallest absolute Gasteiger partial charge is 0.303 e. The molecular formula is C21H22N2O4. The Balaban J connectivity index is 2.07. The van der Waals surface area contributed by atoms with Gasteiger partial charge >= 0.3 is 5.97 Å². The molecular weight excluding hydrogens is 344 g/mol. The lowest BCUT2D eigenvalue weighted by Crippen LogP contribution is -2.26. The van der Waals surface area contributed by atoms with E-state index in [1.54, 1.807) is 37.5 Å². The van der Waals surface area contributed by atoms with Crippen molar-refractivity contribution in [1.29, 1.82) is 0 Å². The first-order chi connectivity index (χ1) is 13.0. The average molecular weight is 366 g/mol. The zero-order valence-electron chi connectivity index (χ0n) is 15.4. The topological polar surface area (TPSA) is 79.7 Å². The van der Waals surface area contributed by atoms with Crippen molar-refractivity contribution in [2.24, 2.45) is 0 Å². The molecule has 6 nitrogen and oxygen atoms in total. The lowest BCUT2D eigenvalue weighted by atomic mass is 9.94. The molecule has 0 atom stereocenters. The minimum absolute atomic E-state index is 0.0897. The van der Waals surface area contributed by atoms with E-state index < -0.39 is 5.97 Å². The normalized spacial score (nSPS) is 14.5. The van der Waals surface area contributed by atoms with Crippen LogP contribution in [-0.2, 0) is 4.79 Å². The van der Waals surface area contributed by atoms with Crippen molar-refractivity contribution < 1.29 is 19.4 Å². The molecule has 2 heterocycles. The van der Waals surface area contributed by atoms with Gasteiger partial charge in [0.25, 0.3) is 5.91 Å². The van der Waals surface area contributed by atoms with E-state index in [1.807, 2.05) is 18.2 Å². The predicted molar refractivity (Wildman–Crippen MR) is 103 cm³/mol. The van der Waals surface area contributed by atoms with Crippen LogP contribution in [0.1, 0.15) is 47.2 Å². The van der Waals surface area contributed by atoms with Gasteiger partial charge in [-0.2, -0.15) is 0 Å². The van der Waals surface area contributed by atoms with Gasteiger partial charge in [-0.25, -0.2) is 0 Å². The molecule has 3 rings (SSSR count). The Morgan fingerprint density at radius 1 is 1.22 bits per heavy atom. The number of methoxy groups -OCH3 is 1. The van der Waals surface area contributed by atoms with Crippen molar-refractivity contribution in [2.45, 2.75) is 25.7 Å². The third-order valence-corrected chi connectivity index (χ3v) is 4.69. The average Bonchev–Trinajstić information content (AvgIpc) is 2.76. The summed E-state index contributed by atoms with van der Waals surface area (Å²) < 4.78 is 5.38. The fourth-order valence-corrected chi connectivity index (χ4v) is 3.27. The number of carbonyl (C=O) groups is 2. The maximum Gasteiger partial charge on any atom is 0.303 e. The first-order valence-corrected chi connectivity index (χ1v) is 8.85. The molecule has 1 aliphatic heterocycles. The van der Waals surface area contributed by atoms with Gasteiger partial charge in [0.2, 0.25) is 0 Å². The van der Waals surface area contributed by atoms with Crippen LogP contribution in [0.4, 0.5) is 5.69 Å². The molecule has 1 aromatic heterocycles. The van der Waals surface area contributed by atoms with E-state index in [0.29, 0.717) is 24.2 Å². The quantitative estimate of drug-likeness (QED) is 0.788. The Hall–Kier alpha value is -3.15. The van der Waals surface area contributed by atoms with E-state index in [1.165, 1.54) is 0 Å². The number of pyridine rings is 1. The number of anilines is 1. The zero-order valence-corrected chi connectivity index (χ0v) is 15.4. The second kappa shape index (κ2) is 8.03. The number of hydrogen-bond acceptors (Lipinski definition) is 4. The second-order valence-electron chi connectivity index (χ2n) is 6.43. The van der Waals surface area contributed by atoms with Crippen molar-refractivity contribution in [3.63, 3.8) is 0 Å². The number of rotatable bonds is 6. The monoisotopic (exact) mass is 366 g/mol. The van der Waals surface area contributed by atoms with E-state index >= 15 is 0 Å². The maximum atomic E-state index is 12.9. The summed E-state index contributed by atoms with van der Waals surface area (Å²) in [6, 6.07) is 7.37. The van der Waals surface area contributed by atoms with E-state index in [9.17, 15) is 9.59 Å². The molecule has 0 spiro atoms. The van der Waals surface area contributed by atoms with Crippen LogP contribution in [0, 0.1) is 0 Å². The third-order valence-electron chi connectivity index (χ3n) is 4.69. The van der Waals surface area contributed by atoms with Gasteiger partial charge in [-0.15, -0.1) is 0 Å². The Bertz CT molecular complexity index is 905. The Morgan fingerprint density at radius 3 is 2.78 bits per heavy atom. The number of allylic oxidation sites excluding steroid dienone is 1. The lowest BCUT2D eigenvalue weighted by Gasteiger charge is -2.18. The molecule has 0 saturated carbocycles. The maximum absolute atomic E-state index is 12.9. The summed E-state index contributed by atoms with van der Waals surface area (Å²) in [7, 11) is 3.37. The SMILES string of the molecule is COc1ccc2c(c1)C(=CCCCCC(=O)O)c1cnccc1C(=O)N2C. The molecule has 27 heavy (non-hydrogen) atoms. The number of carboxylic acids is 1. The first-order valence-electron chi connectivity index (χ1n) is 8.85. The molecule has 0 unspecified atom stereocenters. The summed E-state index contributed by atoms with van der Waals surface area (Å²) in [5.41, 5.74) is 3.99. The molecule has 0 aliphatic carbocycles. The summed E-state index contributed by atoms with van der Waals surface area (Å²) in [6.45, 7) is 0. The summed E-state index contributed by atoms with van der Waals surface area (Å²) in [6.07, 6.45) is 7.63. The Morgan fingerprint density at radius 2 is 2.04 bits per heavy atom. The molecule has 0 radical (unpaired) electrons. The van der Waals surface area contributed by atoms with Crippen molar-refractivity contribution >= 4 is 23.1 Å². The number of unbranched alkanes of at least 4 members (excludes halogenated alkanes) is 2. The number of ether oxygens (including phenoxy) is 1. The molecule has 1 aromatic carbocycles. The number of aromatic nitrogens is 1. The second-order valence-corrected chi connectivity index (χ2v) is 6.43. The fraction of sp³-hybridized carbons (Fsp3) is 0.286. The van der Waals surface area contributed by atoms with E-state index in [2.05, 4.69) is 11.1 Å². The highest BCUT2D eigenvalue weighted by atomic mass is 16.5. The van der Waals surface area contributed by atoms with E-state index in [4.69, 9.17) is 9.84 Å². The molecule has 1 amide bonds. The van der Waals surface area contributed by atoms with Crippen LogP contribution in [0.15, 0.2) is 42.7 Å². The lowest BCUT2D eigenvalue weighted by molar-refractivity contribution is -0.137. The van der Waals surface area contributed by atoms with Crippen LogP contribution in [0.5, 0.6) is 5.75 Å². The van der Waals surface area contributed by atoms with Crippen molar-refractivity contribution in [3.05, 3.63) is 59.4 Å². The van der Waals surface area contributed by atoms with Gasteiger partial charge in [-0.05, 0) is 49.1 Å². The molecule has 1 N–H and O–H groups in total. The Labute approximate surface area is 158 Å². The third kappa shape index (κ3) is 3.84. The summed E-state index contributed by atoms with van der Waals surface area (Å²) >= 11 is 0. The number of carbonyl (C=O) groups excluding carboxylic acids is 1. The van der Waals surface area contributed by atoms with Gasteiger partial charge in [-0.1, -0.05) is 6.08 Å². The summed E-state index contributed by atoms with van der Waals surface area (Å²) in [5.74, 6) is -0.166.